The van der Waals surface area contributed by atoms with E-state index >= 15 is 0 Å². The molecular weight excluding hydrogens is 405 g/mol. The number of halogens is 1. The van der Waals surface area contributed by atoms with Gasteiger partial charge in [-0.25, -0.2) is 13.9 Å². The van der Waals surface area contributed by atoms with Crippen LogP contribution in [0.15, 0.2) is 30.7 Å². The number of fused-ring (bicyclic) bond motifs is 2. The number of aromatic nitrogens is 3. The third-order valence-electron chi connectivity index (χ3n) is 5.18. The van der Waals surface area contributed by atoms with Gasteiger partial charge >= 0.3 is 0 Å². The number of aliphatic hydroxyl groups is 1. The lowest BCUT2D eigenvalue weighted by atomic mass is 10.1. The van der Waals surface area contributed by atoms with Crippen LogP contribution in [0.4, 0.5) is 15.8 Å². The van der Waals surface area contributed by atoms with E-state index in [9.17, 15) is 9.18 Å². The highest BCUT2D eigenvalue weighted by atomic mass is 19.1. The molecule has 164 valence electrons. The number of nitrogens with zero attached hydrogens (tertiary/aromatic N) is 4. The maximum absolute atomic E-state index is 13.4. The van der Waals surface area contributed by atoms with Crippen molar-refractivity contribution >= 4 is 22.9 Å². The van der Waals surface area contributed by atoms with Crippen LogP contribution in [0, 0.1) is 5.82 Å². The van der Waals surface area contributed by atoms with Crippen molar-refractivity contribution in [3.63, 3.8) is 0 Å². The lowest BCUT2D eigenvalue weighted by Gasteiger charge is -2.31. The highest BCUT2D eigenvalue weighted by Crippen LogP contribution is 2.39. The van der Waals surface area contributed by atoms with E-state index in [0.717, 1.165) is 49.8 Å². The van der Waals surface area contributed by atoms with Crippen molar-refractivity contribution in [1.29, 1.82) is 0 Å². The monoisotopic (exact) mass is 429 g/mol. The Labute approximate surface area is 178 Å². The van der Waals surface area contributed by atoms with Crippen molar-refractivity contribution < 1.29 is 23.8 Å². The first kappa shape index (κ1) is 21.0. The molecule has 1 atom stereocenters. The van der Waals surface area contributed by atoms with Crippen LogP contribution in [-0.4, -0.2) is 65.1 Å². The first-order valence-electron chi connectivity index (χ1n) is 10.00. The number of carbonyl (C=O) groups excluding carboxylic acids is 1. The highest BCUT2D eigenvalue weighted by Gasteiger charge is 2.25. The summed E-state index contributed by atoms with van der Waals surface area (Å²) < 4.78 is 26.0. The van der Waals surface area contributed by atoms with Gasteiger partial charge in [-0.2, -0.15) is 5.10 Å². The molecule has 5 rings (SSSR count). The summed E-state index contributed by atoms with van der Waals surface area (Å²) in [5.74, 6) is -0.0134. The molecule has 1 aromatic carbocycles. The molecule has 2 N–H and O–H groups in total. The molecule has 0 bridgehead atoms. The zero-order valence-electron chi connectivity index (χ0n) is 17.3. The average molecular weight is 429 g/mol. The minimum absolute atomic E-state index is 0.104. The Kier molecular flexibility index (Phi) is 6.01. The highest BCUT2D eigenvalue weighted by molar-refractivity contribution is 6.09. The Hall–Kier alpha value is -3.24. The van der Waals surface area contributed by atoms with Gasteiger partial charge < -0.3 is 24.8 Å². The molecule has 1 fully saturated rings. The molecule has 2 aliphatic rings. The van der Waals surface area contributed by atoms with Gasteiger partial charge in [0, 0.05) is 38.2 Å². The molecule has 4 heterocycles. The predicted octanol–water partition coefficient (Wildman–Crippen LogP) is 1.89. The fraction of sp³-hybridized carbons (Fsp3) is 0.381. The van der Waals surface area contributed by atoms with E-state index in [1.165, 1.54) is 16.9 Å². The van der Waals surface area contributed by atoms with Crippen LogP contribution in [0.2, 0.25) is 0 Å². The van der Waals surface area contributed by atoms with E-state index in [1.54, 1.807) is 0 Å². The smallest absolute Gasteiger partial charge is 0.261 e. The second-order valence-corrected chi connectivity index (χ2v) is 7.26. The Morgan fingerprint density at radius 3 is 2.81 bits per heavy atom. The summed E-state index contributed by atoms with van der Waals surface area (Å²) in [7, 11) is 1.00. The number of rotatable bonds is 3. The van der Waals surface area contributed by atoms with E-state index in [1.807, 2.05) is 19.1 Å². The molecule has 9 nitrogen and oxygen atoms in total. The fourth-order valence-electron chi connectivity index (χ4n) is 3.82. The Morgan fingerprint density at radius 2 is 2.03 bits per heavy atom. The quantitative estimate of drug-likeness (QED) is 0.656. The number of aliphatic hydroxyl groups excluding tert-OH is 1. The standard InChI is InChI=1S/C20H20FN5O3.CH4O/c1-12-6-13-7-16(17(8-18(13)29-12)25-2-4-28-5-3-25)24-20(27)15-10-23-26-11-14(21)9-22-19(15)26;1-2/h7-12H,2-6H2,1H3,(H,24,27);2H,1H3. The first-order valence-corrected chi connectivity index (χ1v) is 10.00. The van der Waals surface area contributed by atoms with Crippen LogP contribution in [0.1, 0.15) is 22.8 Å². The molecule has 2 aliphatic heterocycles. The number of hydrogen-bond acceptors (Lipinski definition) is 7. The number of nitrogens with one attached hydrogen (secondary N) is 1. The summed E-state index contributed by atoms with van der Waals surface area (Å²) in [6.45, 7) is 4.75. The Balaban J connectivity index is 0.00000112. The molecule has 1 unspecified atom stereocenters. The van der Waals surface area contributed by atoms with Crippen molar-refractivity contribution in [2.45, 2.75) is 19.4 Å². The average Bonchev–Trinajstić information content (AvgIpc) is 3.36. The van der Waals surface area contributed by atoms with Crippen molar-refractivity contribution in [1.82, 2.24) is 14.6 Å². The van der Waals surface area contributed by atoms with Crippen LogP contribution in [-0.2, 0) is 11.2 Å². The molecule has 0 spiro atoms. The third-order valence-corrected chi connectivity index (χ3v) is 5.18. The fourth-order valence-corrected chi connectivity index (χ4v) is 3.82. The van der Waals surface area contributed by atoms with Gasteiger partial charge in [-0.1, -0.05) is 0 Å². The summed E-state index contributed by atoms with van der Waals surface area (Å²) in [4.78, 5) is 19.2. The second-order valence-electron chi connectivity index (χ2n) is 7.26. The SMILES string of the molecule is CC1Cc2cc(NC(=O)c3cnn4cc(F)cnc34)c(N3CCOCC3)cc2O1.CO. The van der Waals surface area contributed by atoms with Crippen molar-refractivity contribution in [3.05, 3.63) is 47.7 Å². The molecular formula is C21H24FN5O4. The third kappa shape index (κ3) is 4.17. The molecule has 1 amide bonds. The van der Waals surface area contributed by atoms with Crippen LogP contribution >= 0.6 is 0 Å². The summed E-state index contributed by atoms with van der Waals surface area (Å²) in [5, 5.41) is 14.0. The predicted molar refractivity (Wildman–Crippen MR) is 112 cm³/mol. The maximum atomic E-state index is 13.4. The van der Waals surface area contributed by atoms with Gasteiger partial charge in [-0.15, -0.1) is 0 Å². The van der Waals surface area contributed by atoms with Crippen molar-refractivity contribution in [2.24, 2.45) is 0 Å². The number of ether oxygens (including phenoxy) is 2. The van der Waals surface area contributed by atoms with Gasteiger partial charge in [0.15, 0.2) is 11.5 Å². The van der Waals surface area contributed by atoms with Crippen LogP contribution in [0.5, 0.6) is 5.75 Å². The zero-order valence-corrected chi connectivity index (χ0v) is 17.3. The number of amides is 1. The van der Waals surface area contributed by atoms with E-state index in [-0.39, 0.29) is 17.6 Å². The molecule has 2 aromatic heterocycles. The molecule has 0 radical (unpaired) electrons. The van der Waals surface area contributed by atoms with E-state index < -0.39 is 5.82 Å². The maximum Gasteiger partial charge on any atom is 0.261 e. The Bertz CT molecular complexity index is 1100. The number of benzene rings is 1. The molecule has 31 heavy (non-hydrogen) atoms. The van der Waals surface area contributed by atoms with Crippen LogP contribution in [0.25, 0.3) is 5.65 Å². The topological polar surface area (TPSA) is 101 Å². The van der Waals surface area contributed by atoms with Crippen LogP contribution in [0.3, 0.4) is 0 Å². The lowest BCUT2D eigenvalue weighted by Crippen LogP contribution is -2.36. The minimum atomic E-state index is -0.519. The van der Waals surface area contributed by atoms with Gasteiger partial charge in [-0.3, -0.25) is 4.79 Å². The molecule has 0 saturated carbocycles. The lowest BCUT2D eigenvalue weighted by molar-refractivity contribution is 0.102. The summed E-state index contributed by atoms with van der Waals surface area (Å²) in [5.41, 5.74) is 3.24. The number of carbonyl (C=O) groups is 1. The first-order chi connectivity index (χ1) is 15.1. The second kappa shape index (κ2) is 8.86. The van der Waals surface area contributed by atoms with Gasteiger partial charge in [0.1, 0.15) is 17.4 Å². The molecule has 3 aromatic rings. The van der Waals surface area contributed by atoms with E-state index in [2.05, 4.69) is 20.3 Å². The molecule has 1 saturated heterocycles. The summed E-state index contributed by atoms with van der Waals surface area (Å²) in [6.07, 6.45) is 4.55. The molecule has 0 aliphatic carbocycles. The zero-order chi connectivity index (χ0) is 22.0. The van der Waals surface area contributed by atoms with Crippen LogP contribution < -0.4 is 15.0 Å². The number of anilines is 2. The van der Waals surface area contributed by atoms with E-state index in [4.69, 9.17) is 14.6 Å². The van der Waals surface area contributed by atoms with Gasteiger partial charge in [0.05, 0.1) is 43.2 Å². The van der Waals surface area contributed by atoms with Crippen molar-refractivity contribution in [3.8, 4) is 5.75 Å². The minimum Gasteiger partial charge on any atom is -0.490 e. The summed E-state index contributed by atoms with van der Waals surface area (Å²) in [6, 6.07) is 3.96. The van der Waals surface area contributed by atoms with Gasteiger partial charge in [0.2, 0.25) is 0 Å². The summed E-state index contributed by atoms with van der Waals surface area (Å²) >= 11 is 0. The number of hydrogen-bond donors (Lipinski definition) is 2. The van der Waals surface area contributed by atoms with Gasteiger partial charge in [0.25, 0.3) is 5.91 Å². The normalized spacial score (nSPS) is 17.5. The van der Waals surface area contributed by atoms with E-state index in [0.29, 0.717) is 24.5 Å². The number of morpholine rings is 1. The Morgan fingerprint density at radius 1 is 1.26 bits per heavy atom. The van der Waals surface area contributed by atoms with Gasteiger partial charge in [-0.05, 0) is 13.0 Å². The molecule has 10 heteroatoms. The largest absolute Gasteiger partial charge is 0.490 e. The van der Waals surface area contributed by atoms with Crippen molar-refractivity contribution in [2.75, 3.05) is 43.6 Å².